The van der Waals surface area contributed by atoms with E-state index in [9.17, 15) is 0 Å². The fourth-order valence-electron chi connectivity index (χ4n) is 1.78. The highest BCUT2D eigenvalue weighted by Gasteiger charge is 2.21. The molecule has 0 spiro atoms. The summed E-state index contributed by atoms with van der Waals surface area (Å²) in [4.78, 5) is 0. The minimum absolute atomic E-state index is 0.243. The van der Waals surface area contributed by atoms with Crippen molar-refractivity contribution < 1.29 is 0 Å². The molecular weight excluding hydrogens is 220 g/mol. The molecule has 1 radical (unpaired) electrons. The van der Waals surface area contributed by atoms with Gasteiger partial charge in [-0.25, -0.2) is 0 Å². The molecule has 0 aliphatic carbocycles. The summed E-state index contributed by atoms with van der Waals surface area (Å²) in [5.41, 5.74) is 3.44. The predicted molar refractivity (Wildman–Crippen MR) is 81.0 cm³/mol. The third kappa shape index (κ3) is 3.70. The standard InChI is InChI=1S/C16H27Si/c1-15(2,3)12-9-13(16(4,5)6)11-14(10-12)17(7)8/h9-11H,1-8H3. The van der Waals surface area contributed by atoms with Gasteiger partial charge >= 0.3 is 0 Å². The van der Waals surface area contributed by atoms with Crippen molar-refractivity contribution >= 4 is 14.0 Å². The lowest BCUT2D eigenvalue weighted by molar-refractivity contribution is 0.569. The van der Waals surface area contributed by atoms with Crippen LogP contribution < -0.4 is 5.19 Å². The summed E-state index contributed by atoms with van der Waals surface area (Å²) < 4.78 is 0. The van der Waals surface area contributed by atoms with Crippen molar-refractivity contribution in [3.05, 3.63) is 29.3 Å². The smallest absolute Gasteiger partial charge is 0.0671 e. The molecule has 0 saturated heterocycles. The first-order valence-electron chi connectivity index (χ1n) is 6.48. The van der Waals surface area contributed by atoms with Gasteiger partial charge in [-0.1, -0.05) is 78.0 Å². The van der Waals surface area contributed by atoms with E-state index in [1.165, 1.54) is 11.1 Å². The number of hydrogen-bond donors (Lipinski definition) is 0. The van der Waals surface area contributed by atoms with Crippen molar-refractivity contribution in [3.8, 4) is 0 Å². The van der Waals surface area contributed by atoms with Gasteiger partial charge in [0.25, 0.3) is 0 Å². The molecule has 1 rings (SSSR count). The molecule has 0 amide bonds. The Morgan fingerprint density at radius 1 is 0.706 bits per heavy atom. The topological polar surface area (TPSA) is 0 Å². The van der Waals surface area contributed by atoms with Crippen LogP contribution in [0.15, 0.2) is 18.2 Å². The second-order valence-corrected chi connectivity index (χ2v) is 9.88. The lowest BCUT2D eigenvalue weighted by Crippen LogP contribution is -2.28. The molecule has 1 heteroatoms. The minimum atomic E-state index is -0.375. The van der Waals surface area contributed by atoms with Crippen molar-refractivity contribution in [3.63, 3.8) is 0 Å². The van der Waals surface area contributed by atoms with E-state index in [2.05, 4.69) is 72.8 Å². The predicted octanol–water partition coefficient (Wildman–Crippen LogP) is 4.24. The van der Waals surface area contributed by atoms with Crippen LogP contribution in [0.1, 0.15) is 52.7 Å². The summed E-state index contributed by atoms with van der Waals surface area (Å²) in [5.74, 6) is 0. The SMILES string of the molecule is C[Si](C)c1cc(C(C)(C)C)cc(C(C)(C)C)c1. The van der Waals surface area contributed by atoms with E-state index in [1.54, 1.807) is 5.19 Å². The maximum atomic E-state index is 2.42. The molecule has 0 atom stereocenters. The molecule has 0 aliphatic heterocycles. The Morgan fingerprint density at radius 2 is 1.06 bits per heavy atom. The highest BCUT2D eigenvalue weighted by molar-refractivity contribution is 6.70. The Kier molecular flexibility index (Phi) is 3.93. The van der Waals surface area contributed by atoms with Crippen LogP contribution in [-0.4, -0.2) is 8.80 Å². The third-order valence-electron chi connectivity index (χ3n) is 3.24. The van der Waals surface area contributed by atoms with Crippen molar-refractivity contribution in [2.24, 2.45) is 0 Å². The van der Waals surface area contributed by atoms with E-state index in [0.717, 1.165) is 0 Å². The summed E-state index contributed by atoms with van der Waals surface area (Å²) in [7, 11) is -0.375. The van der Waals surface area contributed by atoms with E-state index in [-0.39, 0.29) is 19.6 Å². The van der Waals surface area contributed by atoms with Crippen molar-refractivity contribution in [1.82, 2.24) is 0 Å². The molecule has 0 aromatic heterocycles. The van der Waals surface area contributed by atoms with Crippen LogP contribution in [-0.2, 0) is 10.8 Å². The van der Waals surface area contributed by atoms with Gasteiger partial charge < -0.3 is 0 Å². The Bertz CT molecular complexity index is 357. The van der Waals surface area contributed by atoms with Crippen LogP contribution >= 0.6 is 0 Å². The van der Waals surface area contributed by atoms with Gasteiger partial charge in [0, 0.05) is 0 Å². The molecule has 1 aromatic rings. The van der Waals surface area contributed by atoms with Gasteiger partial charge in [0.1, 0.15) is 0 Å². The Labute approximate surface area is 109 Å². The van der Waals surface area contributed by atoms with Gasteiger partial charge in [-0.2, -0.15) is 0 Å². The second-order valence-electron chi connectivity index (χ2n) is 7.30. The maximum Gasteiger partial charge on any atom is 0.0791 e. The van der Waals surface area contributed by atoms with E-state index in [4.69, 9.17) is 0 Å². The molecule has 0 fully saturated rings. The van der Waals surface area contributed by atoms with Gasteiger partial charge in [0.2, 0.25) is 0 Å². The van der Waals surface area contributed by atoms with Crippen LogP contribution in [0.3, 0.4) is 0 Å². The number of hydrogen-bond acceptors (Lipinski definition) is 0. The van der Waals surface area contributed by atoms with E-state index in [0.29, 0.717) is 0 Å². The lowest BCUT2D eigenvalue weighted by atomic mass is 9.81. The summed E-state index contributed by atoms with van der Waals surface area (Å²) >= 11 is 0. The zero-order chi connectivity index (χ0) is 13.4. The first kappa shape index (κ1) is 14.5. The molecule has 95 valence electrons. The van der Waals surface area contributed by atoms with Gasteiger partial charge in [0.05, 0.1) is 8.80 Å². The van der Waals surface area contributed by atoms with Crippen LogP contribution in [0.25, 0.3) is 0 Å². The molecule has 1 aromatic carbocycles. The first-order chi connectivity index (χ1) is 7.51. The quantitative estimate of drug-likeness (QED) is 0.651. The monoisotopic (exact) mass is 247 g/mol. The van der Waals surface area contributed by atoms with Crippen LogP contribution in [0.2, 0.25) is 13.1 Å². The fourth-order valence-corrected chi connectivity index (χ4v) is 2.67. The van der Waals surface area contributed by atoms with Crippen LogP contribution in [0, 0.1) is 0 Å². The Balaban J connectivity index is 3.40. The normalized spacial score (nSPS) is 13.2. The van der Waals surface area contributed by atoms with E-state index < -0.39 is 0 Å². The molecule has 17 heavy (non-hydrogen) atoms. The van der Waals surface area contributed by atoms with Crippen molar-refractivity contribution in [2.45, 2.75) is 65.5 Å². The average Bonchev–Trinajstić information content (AvgIpc) is 2.14. The first-order valence-corrected chi connectivity index (χ1v) is 8.98. The van der Waals surface area contributed by atoms with Crippen molar-refractivity contribution in [2.75, 3.05) is 0 Å². The summed E-state index contributed by atoms with van der Waals surface area (Å²) in [5, 5.41) is 1.56. The Morgan fingerprint density at radius 3 is 1.29 bits per heavy atom. The van der Waals surface area contributed by atoms with E-state index in [1.807, 2.05) is 0 Å². The summed E-state index contributed by atoms with van der Waals surface area (Å²) in [6.45, 7) is 18.6. The Hall–Kier alpha value is -0.563. The highest BCUT2D eigenvalue weighted by atomic mass is 28.3. The second kappa shape index (κ2) is 4.60. The summed E-state index contributed by atoms with van der Waals surface area (Å²) in [6.07, 6.45) is 0. The highest BCUT2D eigenvalue weighted by Crippen LogP contribution is 2.28. The largest absolute Gasteiger partial charge is 0.0791 e. The van der Waals surface area contributed by atoms with Crippen LogP contribution in [0.5, 0.6) is 0 Å². The average molecular weight is 247 g/mol. The molecule has 0 nitrogen and oxygen atoms in total. The van der Waals surface area contributed by atoms with Crippen LogP contribution in [0.4, 0.5) is 0 Å². The fraction of sp³-hybridized carbons (Fsp3) is 0.625. The maximum absolute atomic E-state index is 2.42. The third-order valence-corrected chi connectivity index (χ3v) is 4.69. The van der Waals surface area contributed by atoms with Gasteiger partial charge in [0.15, 0.2) is 0 Å². The molecular formula is C16H27Si. The zero-order valence-corrected chi connectivity index (χ0v) is 13.7. The van der Waals surface area contributed by atoms with Gasteiger partial charge in [-0.15, -0.1) is 0 Å². The summed E-state index contributed by atoms with van der Waals surface area (Å²) in [6, 6.07) is 7.24. The molecule has 0 bridgehead atoms. The molecule has 0 aliphatic rings. The number of benzene rings is 1. The minimum Gasteiger partial charge on any atom is -0.0671 e. The molecule has 0 saturated carbocycles. The molecule has 0 unspecified atom stereocenters. The lowest BCUT2D eigenvalue weighted by Gasteiger charge is -2.26. The molecule has 0 heterocycles. The van der Waals surface area contributed by atoms with E-state index >= 15 is 0 Å². The zero-order valence-electron chi connectivity index (χ0n) is 12.7. The van der Waals surface area contributed by atoms with Gasteiger partial charge in [-0.05, 0) is 22.0 Å². The van der Waals surface area contributed by atoms with Gasteiger partial charge in [-0.3, -0.25) is 0 Å². The molecule has 0 N–H and O–H groups in total. The number of rotatable bonds is 1. The van der Waals surface area contributed by atoms with Crippen molar-refractivity contribution in [1.29, 1.82) is 0 Å².